The van der Waals surface area contributed by atoms with Gasteiger partial charge in [0.05, 0.1) is 6.61 Å². The number of carbonyl (C=O) groups is 1. The van der Waals surface area contributed by atoms with Gasteiger partial charge in [-0.15, -0.1) is 0 Å². The van der Waals surface area contributed by atoms with Gasteiger partial charge in [0.25, 0.3) is 0 Å². The van der Waals surface area contributed by atoms with Gasteiger partial charge in [-0.1, -0.05) is 53.5 Å². The maximum absolute atomic E-state index is 11.6. The number of hydrogen-bond acceptors (Lipinski definition) is 2. The number of benzene rings is 3. The van der Waals surface area contributed by atoms with Crippen LogP contribution in [0, 0.1) is 0 Å². The molecule has 26 heavy (non-hydrogen) atoms. The van der Waals surface area contributed by atoms with Crippen LogP contribution in [-0.4, -0.2) is 17.7 Å². The van der Waals surface area contributed by atoms with Crippen molar-refractivity contribution in [3.63, 3.8) is 0 Å². The fourth-order valence-corrected chi connectivity index (χ4v) is 2.92. The second kappa shape index (κ2) is 8.26. The molecule has 0 atom stereocenters. The molecule has 132 valence electrons. The lowest BCUT2D eigenvalue weighted by Gasteiger charge is -2.11. The van der Waals surface area contributed by atoms with E-state index >= 15 is 0 Å². The fraction of sp³-hybridized carbons (Fsp3) is 0.0952. The molecular formula is C21H16Cl2O3. The molecule has 3 rings (SSSR count). The zero-order chi connectivity index (χ0) is 18.5. The zero-order valence-electron chi connectivity index (χ0n) is 13.8. The van der Waals surface area contributed by atoms with E-state index in [1.165, 1.54) is 0 Å². The molecule has 3 nitrogen and oxygen atoms in total. The molecule has 0 amide bonds. The number of ether oxygens (including phenoxy) is 1. The Bertz CT molecular complexity index is 921. The van der Waals surface area contributed by atoms with E-state index in [4.69, 9.17) is 27.9 Å². The number of carboxylic acid groups (broad SMARTS) is 1. The Balaban J connectivity index is 1.76. The minimum atomic E-state index is -1.03. The molecule has 0 saturated carbocycles. The summed E-state index contributed by atoms with van der Waals surface area (Å²) in [4.78, 5) is 11.6. The van der Waals surface area contributed by atoms with Gasteiger partial charge in [0.15, 0.2) is 0 Å². The summed E-state index contributed by atoms with van der Waals surface area (Å²) in [7, 11) is 0. The van der Waals surface area contributed by atoms with Gasteiger partial charge in [-0.25, -0.2) is 4.79 Å². The summed E-state index contributed by atoms with van der Waals surface area (Å²) >= 11 is 11.9. The first-order valence-electron chi connectivity index (χ1n) is 8.03. The number of carboxylic acids is 1. The van der Waals surface area contributed by atoms with Gasteiger partial charge in [0.1, 0.15) is 11.3 Å². The Hall–Kier alpha value is -2.49. The van der Waals surface area contributed by atoms with Crippen LogP contribution in [0.3, 0.4) is 0 Å². The molecule has 0 heterocycles. The largest absolute Gasteiger partial charge is 0.492 e. The zero-order valence-corrected chi connectivity index (χ0v) is 15.3. The van der Waals surface area contributed by atoms with Crippen molar-refractivity contribution in [2.75, 3.05) is 6.61 Å². The normalized spacial score (nSPS) is 10.5. The molecule has 3 aromatic rings. The molecule has 0 spiro atoms. The maximum Gasteiger partial charge on any atom is 0.339 e. The van der Waals surface area contributed by atoms with Gasteiger partial charge in [0.2, 0.25) is 0 Å². The van der Waals surface area contributed by atoms with Crippen molar-refractivity contribution in [2.24, 2.45) is 0 Å². The summed E-state index contributed by atoms with van der Waals surface area (Å²) in [6.45, 7) is 0.373. The van der Waals surface area contributed by atoms with Gasteiger partial charge < -0.3 is 9.84 Å². The van der Waals surface area contributed by atoms with Gasteiger partial charge in [-0.3, -0.25) is 0 Å². The molecule has 3 aromatic carbocycles. The van der Waals surface area contributed by atoms with Crippen molar-refractivity contribution in [1.29, 1.82) is 0 Å². The Kier molecular flexibility index (Phi) is 5.82. The summed E-state index contributed by atoms with van der Waals surface area (Å²) in [6.07, 6.45) is 0.659. The van der Waals surface area contributed by atoms with E-state index in [-0.39, 0.29) is 5.56 Å². The van der Waals surface area contributed by atoms with E-state index in [9.17, 15) is 9.90 Å². The summed E-state index contributed by atoms with van der Waals surface area (Å²) in [5.41, 5.74) is 2.82. The van der Waals surface area contributed by atoms with E-state index in [0.29, 0.717) is 28.8 Å². The first kappa shape index (κ1) is 18.3. The first-order valence-corrected chi connectivity index (χ1v) is 8.79. The average molecular weight is 387 g/mol. The van der Waals surface area contributed by atoms with E-state index in [2.05, 4.69) is 0 Å². The monoisotopic (exact) mass is 386 g/mol. The fourth-order valence-electron chi connectivity index (χ4n) is 2.60. The highest BCUT2D eigenvalue weighted by molar-refractivity contribution is 6.31. The van der Waals surface area contributed by atoms with Gasteiger partial charge in [-0.2, -0.15) is 0 Å². The minimum absolute atomic E-state index is 0.124. The lowest BCUT2D eigenvalue weighted by atomic mass is 10.0. The lowest BCUT2D eigenvalue weighted by Crippen LogP contribution is -2.06. The third-order valence-corrected chi connectivity index (χ3v) is 4.42. The molecule has 0 radical (unpaired) electrons. The molecule has 0 bridgehead atoms. The Labute approximate surface area is 161 Å². The highest BCUT2D eigenvalue weighted by Crippen LogP contribution is 2.28. The predicted octanol–water partition coefficient (Wildman–Crippen LogP) is 5.98. The number of hydrogen-bond donors (Lipinski definition) is 1. The van der Waals surface area contributed by atoms with Crippen LogP contribution in [0.2, 0.25) is 10.0 Å². The minimum Gasteiger partial charge on any atom is -0.492 e. The second-order valence-corrected chi connectivity index (χ2v) is 6.62. The summed E-state index contributed by atoms with van der Waals surface area (Å²) < 4.78 is 5.71. The Morgan fingerprint density at radius 1 is 0.885 bits per heavy atom. The van der Waals surface area contributed by atoms with Crippen molar-refractivity contribution in [2.45, 2.75) is 6.42 Å². The molecule has 5 heteroatoms. The highest BCUT2D eigenvalue weighted by Gasteiger charge is 2.13. The van der Waals surface area contributed by atoms with Crippen molar-refractivity contribution in [3.8, 4) is 16.9 Å². The highest BCUT2D eigenvalue weighted by atomic mass is 35.5. The molecule has 0 aromatic heterocycles. The van der Waals surface area contributed by atoms with Crippen LogP contribution >= 0.6 is 23.2 Å². The number of aromatic carboxylic acids is 1. The van der Waals surface area contributed by atoms with E-state index in [1.807, 2.05) is 42.5 Å². The molecule has 0 unspecified atom stereocenters. The number of rotatable bonds is 6. The topological polar surface area (TPSA) is 46.5 Å². The van der Waals surface area contributed by atoms with Gasteiger partial charge in [0, 0.05) is 16.5 Å². The van der Waals surface area contributed by atoms with Crippen LogP contribution in [0.1, 0.15) is 15.9 Å². The summed E-state index contributed by atoms with van der Waals surface area (Å²) in [6, 6.07) is 19.9. The molecule has 0 fully saturated rings. The summed E-state index contributed by atoms with van der Waals surface area (Å²) in [5, 5.41) is 10.8. The maximum atomic E-state index is 11.6. The van der Waals surface area contributed by atoms with Crippen LogP contribution in [0.5, 0.6) is 5.75 Å². The molecule has 0 aliphatic rings. The van der Waals surface area contributed by atoms with E-state index in [0.717, 1.165) is 16.7 Å². The molecule has 1 N–H and O–H groups in total. The average Bonchev–Trinajstić information content (AvgIpc) is 2.63. The lowest BCUT2D eigenvalue weighted by molar-refractivity contribution is 0.0692. The second-order valence-electron chi connectivity index (χ2n) is 5.75. The van der Waals surface area contributed by atoms with Crippen LogP contribution in [0.15, 0.2) is 66.7 Å². The van der Waals surface area contributed by atoms with E-state index < -0.39 is 5.97 Å². The predicted molar refractivity (Wildman–Crippen MR) is 104 cm³/mol. The SMILES string of the molecule is O=C(O)c1cc(-c2cccc(Cl)c2)ccc1OCCc1ccc(Cl)cc1. The quantitative estimate of drug-likeness (QED) is 0.566. The van der Waals surface area contributed by atoms with Crippen LogP contribution in [0.25, 0.3) is 11.1 Å². The smallest absolute Gasteiger partial charge is 0.339 e. The molecule has 0 saturated heterocycles. The Morgan fingerprint density at radius 3 is 2.31 bits per heavy atom. The summed E-state index contributed by atoms with van der Waals surface area (Å²) in [5.74, 6) is -0.687. The molecule has 0 aliphatic carbocycles. The van der Waals surface area contributed by atoms with Crippen LogP contribution in [0.4, 0.5) is 0 Å². The standard InChI is InChI=1S/C21H16Cl2O3/c22-17-7-4-14(5-8-17)10-11-26-20-9-6-16(13-19(20)21(24)25)15-2-1-3-18(23)12-15/h1-9,12-13H,10-11H2,(H,24,25). The molecular weight excluding hydrogens is 371 g/mol. The van der Waals surface area contributed by atoms with Crippen LogP contribution < -0.4 is 4.74 Å². The third-order valence-electron chi connectivity index (χ3n) is 3.93. The molecule has 0 aliphatic heterocycles. The van der Waals surface area contributed by atoms with E-state index in [1.54, 1.807) is 24.3 Å². The first-order chi connectivity index (χ1) is 12.5. The van der Waals surface area contributed by atoms with Gasteiger partial charge in [-0.05, 0) is 53.1 Å². The van der Waals surface area contributed by atoms with Crippen LogP contribution in [-0.2, 0) is 6.42 Å². The Morgan fingerprint density at radius 2 is 1.62 bits per heavy atom. The van der Waals surface area contributed by atoms with Crippen molar-refractivity contribution < 1.29 is 14.6 Å². The van der Waals surface area contributed by atoms with Gasteiger partial charge >= 0.3 is 5.97 Å². The third kappa shape index (κ3) is 4.57. The number of halogens is 2. The van der Waals surface area contributed by atoms with Crippen molar-refractivity contribution in [1.82, 2.24) is 0 Å². The van der Waals surface area contributed by atoms with Crippen molar-refractivity contribution >= 4 is 29.2 Å². The van der Waals surface area contributed by atoms with Crippen molar-refractivity contribution in [3.05, 3.63) is 87.9 Å².